The lowest BCUT2D eigenvalue weighted by atomic mass is 9.93. The van der Waals surface area contributed by atoms with E-state index in [1.807, 2.05) is 27.7 Å². The van der Waals surface area contributed by atoms with E-state index in [0.717, 1.165) is 9.13 Å². The summed E-state index contributed by atoms with van der Waals surface area (Å²) in [6.07, 6.45) is -0.565. The number of hydrogen-bond donors (Lipinski definition) is 1. The fourth-order valence-corrected chi connectivity index (χ4v) is 6.68. The third kappa shape index (κ3) is 6.04. The maximum atomic E-state index is 13.6. The van der Waals surface area contributed by atoms with Crippen molar-refractivity contribution in [1.29, 1.82) is 0 Å². The molecule has 2 heterocycles. The number of halogens is 1. The van der Waals surface area contributed by atoms with E-state index in [-0.39, 0.29) is 40.5 Å². The number of hydrogen-bond acceptors (Lipinski definition) is 9. The Balaban J connectivity index is 1.94. The first-order valence-electron chi connectivity index (χ1n) is 11.9. The predicted octanol–water partition coefficient (Wildman–Crippen LogP) is 4.79. The highest BCUT2D eigenvalue weighted by Gasteiger charge is 2.39. The average molecular weight is 625 g/mol. The molecule has 198 valence electrons. The average Bonchev–Trinajstić information content (AvgIpc) is 2.80. The number of thioether (sulfide) groups is 1. The van der Waals surface area contributed by atoms with Gasteiger partial charge in [-0.1, -0.05) is 25.6 Å². The second kappa shape index (κ2) is 12.2. The molecule has 2 aliphatic rings. The molecule has 0 unspecified atom stereocenters. The Labute approximate surface area is 225 Å². The van der Waals surface area contributed by atoms with Gasteiger partial charge in [0.1, 0.15) is 0 Å². The molecule has 0 aromatic heterocycles. The van der Waals surface area contributed by atoms with Gasteiger partial charge in [-0.2, -0.15) is 0 Å². The molecule has 0 saturated carbocycles. The molecule has 1 aromatic carbocycles. The molecule has 10 heteroatoms. The zero-order valence-electron chi connectivity index (χ0n) is 21.6. The van der Waals surface area contributed by atoms with Gasteiger partial charge in [0, 0.05) is 31.1 Å². The number of methoxy groups -OCH3 is 3. The van der Waals surface area contributed by atoms with E-state index in [1.165, 1.54) is 26.0 Å². The maximum Gasteiger partial charge on any atom is 0.223 e. The lowest BCUT2D eigenvalue weighted by Gasteiger charge is -2.38. The van der Waals surface area contributed by atoms with Crippen LogP contribution in [0.5, 0.6) is 17.2 Å². The van der Waals surface area contributed by atoms with Crippen molar-refractivity contribution in [3.8, 4) is 17.2 Å². The van der Waals surface area contributed by atoms with Crippen LogP contribution in [0.1, 0.15) is 56.5 Å². The number of carbonyl (C=O) groups is 1. The quantitative estimate of drug-likeness (QED) is 0.430. The van der Waals surface area contributed by atoms with Crippen molar-refractivity contribution in [2.75, 3.05) is 21.3 Å². The van der Waals surface area contributed by atoms with Gasteiger partial charge in [0.05, 0.1) is 41.7 Å². The minimum absolute atomic E-state index is 0.00728. The Hall–Kier alpha value is -0.790. The van der Waals surface area contributed by atoms with E-state index in [9.17, 15) is 9.90 Å². The fourth-order valence-electron chi connectivity index (χ4n) is 4.83. The third-order valence-electron chi connectivity index (χ3n) is 7.04. The van der Waals surface area contributed by atoms with Crippen molar-refractivity contribution in [2.45, 2.75) is 83.6 Å². The van der Waals surface area contributed by atoms with Crippen LogP contribution in [0.4, 0.5) is 0 Å². The molecule has 1 aromatic rings. The highest BCUT2D eigenvalue weighted by Crippen LogP contribution is 2.49. The lowest BCUT2D eigenvalue weighted by Crippen LogP contribution is -2.44. The Morgan fingerprint density at radius 2 is 1.66 bits per heavy atom. The molecular formula is C25H37IO8S. The van der Waals surface area contributed by atoms with Crippen LogP contribution >= 0.6 is 34.4 Å². The summed E-state index contributed by atoms with van der Waals surface area (Å²) >= 11 is 3.39. The molecule has 2 saturated heterocycles. The van der Waals surface area contributed by atoms with Crippen molar-refractivity contribution < 1.29 is 38.3 Å². The molecule has 35 heavy (non-hydrogen) atoms. The fraction of sp³-hybridized carbons (Fsp3) is 0.720. The van der Waals surface area contributed by atoms with Gasteiger partial charge in [-0.15, -0.1) is 0 Å². The Morgan fingerprint density at radius 1 is 1.00 bits per heavy atom. The molecule has 8 nitrogen and oxygen atoms in total. The summed E-state index contributed by atoms with van der Waals surface area (Å²) < 4.78 is 35.9. The van der Waals surface area contributed by atoms with Gasteiger partial charge in [-0.3, -0.25) is 4.79 Å². The predicted molar refractivity (Wildman–Crippen MR) is 143 cm³/mol. The summed E-state index contributed by atoms with van der Waals surface area (Å²) in [5, 5.41) is 9.66. The van der Waals surface area contributed by atoms with Crippen molar-refractivity contribution in [3.63, 3.8) is 0 Å². The molecule has 0 aliphatic carbocycles. The number of aliphatic hydroxyl groups is 1. The number of aliphatic hydroxyl groups excluding tert-OH is 1. The third-order valence-corrected chi connectivity index (χ3v) is 9.87. The summed E-state index contributed by atoms with van der Waals surface area (Å²) in [4.78, 5) is 13.6. The first kappa shape index (κ1) is 28.8. The smallest absolute Gasteiger partial charge is 0.223 e. The van der Waals surface area contributed by atoms with Gasteiger partial charge >= 0.3 is 0 Å². The Morgan fingerprint density at radius 3 is 2.23 bits per heavy atom. The van der Waals surface area contributed by atoms with Crippen LogP contribution in [0.2, 0.25) is 0 Å². The van der Waals surface area contributed by atoms with Gasteiger partial charge in [0.25, 0.3) is 0 Å². The van der Waals surface area contributed by atoms with Crippen LogP contribution in [0, 0.1) is 22.3 Å². The summed E-state index contributed by atoms with van der Waals surface area (Å²) in [6, 6.07) is 0. The maximum absolute atomic E-state index is 13.6. The van der Waals surface area contributed by atoms with Crippen molar-refractivity contribution in [1.82, 2.24) is 0 Å². The van der Waals surface area contributed by atoms with Crippen LogP contribution in [0.3, 0.4) is 0 Å². The number of rotatable bonds is 7. The lowest BCUT2D eigenvalue weighted by molar-refractivity contribution is -0.199. The van der Waals surface area contributed by atoms with Crippen molar-refractivity contribution >= 4 is 39.5 Å². The van der Waals surface area contributed by atoms with Crippen LogP contribution in [0.15, 0.2) is 0 Å². The second-order valence-electron chi connectivity index (χ2n) is 9.35. The molecule has 0 bridgehead atoms. The Bertz CT molecular complexity index is 900. The zero-order chi connectivity index (χ0) is 26.0. The summed E-state index contributed by atoms with van der Waals surface area (Å²) in [7, 11) is 4.75. The summed E-state index contributed by atoms with van der Waals surface area (Å²) in [6.45, 7) is 9.90. The molecular weight excluding hydrogens is 587 g/mol. The summed E-state index contributed by atoms with van der Waals surface area (Å²) in [5.74, 6) is 1.52. The van der Waals surface area contributed by atoms with Gasteiger partial charge < -0.3 is 33.5 Å². The van der Waals surface area contributed by atoms with Gasteiger partial charge in [-0.25, -0.2) is 0 Å². The standard InChI is InChI=1S/C25H37IO8S/c1-11-9-17(27)32-15(5)24(11)35-25(28)19-13(3)20(26)22(23(31-8)21(19)30-7)34-18-10-16(29-6)12(2)14(4)33-18/h11-12,14-18,24,27H,9-10H2,1-8H3/t11-,12-,14-,15+,16-,17+,18-,24-/m0/s1. The van der Waals surface area contributed by atoms with E-state index in [0.29, 0.717) is 35.7 Å². The highest BCUT2D eigenvalue weighted by atomic mass is 127. The highest BCUT2D eigenvalue weighted by molar-refractivity contribution is 14.1. The Kier molecular flexibility index (Phi) is 10.0. The first-order chi connectivity index (χ1) is 16.5. The first-order valence-corrected chi connectivity index (χ1v) is 13.8. The topological polar surface area (TPSA) is 92.7 Å². The van der Waals surface area contributed by atoms with E-state index < -0.39 is 12.6 Å². The minimum atomic E-state index is -0.800. The normalized spacial score (nSPS) is 33.3. The van der Waals surface area contributed by atoms with E-state index in [4.69, 9.17) is 28.4 Å². The molecule has 3 rings (SSSR count). The van der Waals surface area contributed by atoms with Gasteiger partial charge in [0.2, 0.25) is 17.2 Å². The molecule has 0 amide bonds. The zero-order valence-corrected chi connectivity index (χ0v) is 24.6. The molecule has 1 N–H and O–H groups in total. The second-order valence-corrected chi connectivity index (χ2v) is 11.6. The molecule has 8 atom stereocenters. The van der Waals surface area contributed by atoms with E-state index in [1.54, 1.807) is 7.11 Å². The van der Waals surface area contributed by atoms with Crippen LogP contribution in [0.25, 0.3) is 0 Å². The molecule has 2 fully saturated rings. The molecule has 0 radical (unpaired) electrons. The number of carbonyl (C=O) groups excluding carboxylic acids is 1. The van der Waals surface area contributed by atoms with Gasteiger partial charge in [0.15, 0.2) is 17.8 Å². The van der Waals surface area contributed by atoms with Crippen LogP contribution < -0.4 is 14.2 Å². The SMILES string of the molecule is COc1c(O[C@H]2C[C@H](OC)[C@@H](C)[C@H](C)O2)c(I)c(C)c(C(=O)S[C@H]2[C@@H](C)C[C@H](O)O[C@@H]2C)c1OC. The van der Waals surface area contributed by atoms with E-state index in [2.05, 4.69) is 29.5 Å². The van der Waals surface area contributed by atoms with Gasteiger partial charge in [-0.05, 0) is 54.8 Å². The van der Waals surface area contributed by atoms with Crippen LogP contribution in [-0.4, -0.2) is 67.7 Å². The number of benzene rings is 1. The molecule has 0 spiro atoms. The minimum Gasteiger partial charge on any atom is -0.492 e. The van der Waals surface area contributed by atoms with Crippen LogP contribution in [-0.2, 0) is 14.2 Å². The van der Waals surface area contributed by atoms with Crippen molar-refractivity contribution in [2.24, 2.45) is 11.8 Å². The van der Waals surface area contributed by atoms with E-state index >= 15 is 0 Å². The monoisotopic (exact) mass is 624 g/mol. The van der Waals surface area contributed by atoms with Crippen molar-refractivity contribution in [3.05, 3.63) is 14.7 Å². The summed E-state index contributed by atoms with van der Waals surface area (Å²) in [5.41, 5.74) is 1.19. The molecule has 2 aliphatic heterocycles. The number of ether oxygens (including phenoxy) is 6. The largest absolute Gasteiger partial charge is 0.492 e.